The van der Waals surface area contributed by atoms with Gasteiger partial charge in [0.1, 0.15) is 9.52 Å². The molecule has 0 aliphatic carbocycles. The number of alkyl halides is 3. The van der Waals surface area contributed by atoms with Crippen molar-refractivity contribution in [3.8, 4) is 0 Å². The predicted molar refractivity (Wildman–Crippen MR) is 81.0 cm³/mol. The Hall–Kier alpha value is -0.990. The van der Waals surface area contributed by atoms with E-state index in [2.05, 4.69) is 15.2 Å². The Morgan fingerprint density at radius 2 is 2.05 bits per heavy atom. The highest BCUT2D eigenvalue weighted by Crippen LogP contribution is 2.32. The maximum Gasteiger partial charge on any atom is 0.452 e. The van der Waals surface area contributed by atoms with E-state index in [0.29, 0.717) is 16.7 Å². The van der Waals surface area contributed by atoms with Gasteiger partial charge in [-0.1, -0.05) is 37.0 Å². The zero-order valence-electron chi connectivity index (χ0n) is 11.5. The zero-order valence-corrected chi connectivity index (χ0v) is 13.9. The van der Waals surface area contributed by atoms with E-state index in [9.17, 15) is 13.2 Å². The van der Waals surface area contributed by atoms with E-state index in [1.807, 2.05) is 13.8 Å². The number of thioether (sulfide) groups is 1. The van der Waals surface area contributed by atoms with Gasteiger partial charge in [0.25, 0.3) is 0 Å². The van der Waals surface area contributed by atoms with Crippen LogP contribution in [-0.2, 0) is 6.18 Å². The number of rotatable bonds is 4. The van der Waals surface area contributed by atoms with Crippen LogP contribution in [0.4, 0.5) is 13.2 Å². The monoisotopic (exact) mass is 370 g/mol. The summed E-state index contributed by atoms with van der Waals surface area (Å²) >= 11 is 12.4. The van der Waals surface area contributed by atoms with Crippen molar-refractivity contribution in [2.75, 3.05) is 5.75 Å². The normalized spacial score (nSPS) is 12.2. The second-order valence-corrected chi connectivity index (χ2v) is 6.82. The summed E-state index contributed by atoms with van der Waals surface area (Å²) in [6.07, 6.45) is -2.22. The largest absolute Gasteiger partial charge is 0.452 e. The van der Waals surface area contributed by atoms with Gasteiger partial charge in [0.15, 0.2) is 5.65 Å². The van der Waals surface area contributed by atoms with Crippen LogP contribution in [0.2, 0.25) is 0 Å². The fourth-order valence-electron chi connectivity index (χ4n) is 1.65. The lowest BCUT2D eigenvalue weighted by Crippen LogP contribution is -2.12. The molecular formula is C12H11Cl2F3N4S. The first-order chi connectivity index (χ1) is 10.2. The van der Waals surface area contributed by atoms with Gasteiger partial charge in [0.2, 0.25) is 5.82 Å². The van der Waals surface area contributed by atoms with Crippen LogP contribution in [0.1, 0.15) is 25.4 Å². The highest BCUT2D eigenvalue weighted by atomic mass is 35.5. The molecular weight excluding hydrogens is 360 g/mol. The molecule has 0 aromatic carbocycles. The summed E-state index contributed by atoms with van der Waals surface area (Å²) in [7, 11) is 0. The lowest BCUT2D eigenvalue weighted by Gasteiger charge is -2.09. The van der Waals surface area contributed by atoms with Crippen LogP contribution in [-0.4, -0.2) is 25.3 Å². The molecule has 2 aromatic rings. The van der Waals surface area contributed by atoms with Crippen LogP contribution >= 0.6 is 35.0 Å². The molecule has 0 amide bonds. The molecule has 0 aliphatic rings. The summed E-state index contributed by atoms with van der Waals surface area (Å²) in [6.45, 7) is 4.00. The van der Waals surface area contributed by atoms with Crippen molar-refractivity contribution in [1.82, 2.24) is 19.6 Å². The third-order valence-electron chi connectivity index (χ3n) is 2.49. The second-order valence-electron chi connectivity index (χ2n) is 4.81. The van der Waals surface area contributed by atoms with Crippen molar-refractivity contribution in [3.63, 3.8) is 0 Å². The highest BCUT2D eigenvalue weighted by molar-refractivity contribution is 7.99. The summed E-state index contributed by atoms with van der Waals surface area (Å²) < 4.78 is 39.9. The quantitative estimate of drug-likeness (QED) is 0.733. The number of hydrogen-bond acceptors (Lipinski definition) is 4. The standard InChI is InChI=1S/C12H11Cl2F3N4S/c1-6(2)5-22-10-9-19-20-11(12(15,16)17)21(9)7(4-18-10)3-8(13)14/h3-4,6H,5H2,1-2H3. The number of fused-ring (bicyclic) bond motifs is 1. The number of hydrogen-bond donors (Lipinski definition) is 0. The Balaban J connectivity index is 2.64. The van der Waals surface area contributed by atoms with Gasteiger partial charge in [0, 0.05) is 5.75 Å². The van der Waals surface area contributed by atoms with Crippen LogP contribution in [0.15, 0.2) is 15.7 Å². The summed E-state index contributed by atoms with van der Waals surface area (Å²) in [5.41, 5.74) is 0.0857. The molecule has 2 aromatic heterocycles. The van der Waals surface area contributed by atoms with E-state index in [0.717, 1.165) is 4.40 Å². The molecule has 0 radical (unpaired) electrons. The van der Waals surface area contributed by atoms with Gasteiger partial charge >= 0.3 is 6.18 Å². The molecule has 0 saturated carbocycles. The summed E-state index contributed by atoms with van der Waals surface area (Å²) in [5, 5.41) is 7.24. The zero-order chi connectivity index (χ0) is 16.5. The highest BCUT2D eigenvalue weighted by Gasteiger charge is 2.38. The van der Waals surface area contributed by atoms with E-state index >= 15 is 0 Å². The smallest absolute Gasteiger partial charge is 0.268 e. The van der Waals surface area contributed by atoms with E-state index in [4.69, 9.17) is 23.2 Å². The molecule has 22 heavy (non-hydrogen) atoms. The van der Waals surface area contributed by atoms with Crippen LogP contribution in [0.5, 0.6) is 0 Å². The van der Waals surface area contributed by atoms with Crippen LogP contribution in [0, 0.1) is 5.92 Å². The Bertz CT molecular complexity index is 708. The first kappa shape index (κ1) is 17.4. The minimum atomic E-state index is -4.65. The fraction of sp³-hybridized carbons (Fsp3) is 0.417. The number of halogens is 5. The molecule has 0 bridgehead atoms. The van der Waals surface area contributed by atoms with Crippen LogP contribution in [0.3, 0.4) is 0 Å². The van der Waals surface area contributed by atoms with E-state index in [1.54, 1.807) is 0 Å². The molecule has 0 saturated heterocycles. The van der Waals surface area contributed by atoms with Crippen molar-refractivity contribution in [2.24, 2.45) is 5.92 Å². The van der Waals surface area contributed by atoms with E-state index in [1.165, 1.54) is 24.0 Å². The Labute approximate surface area is 138 Å². The third-order valence-corrected chi connectivity index (χ3v) is 4.10. The third kappa shape index (κ3) is 3.85. The second kappa shape index (κ2) is 6.64. The van der Waals surface area contributed by atoms with Crippen molar-refractivity contribution in [1.29, 1.82) is 0 Å². The van der Waals surface area contributed by atoms with Crippen molar-refractivity contribution >= 4 is 46.7 Å². The molecule has 0 fully saturated rings. The maximum absolute atomic E-state index is 13.1. The molecule has 0 N–H and O–H groups in total. The molecule has 10 heteroatoms. The minimum absolute atomic E-state index is 0.0290. The Morgan fingerprint density at radius 3 is 2.59 bits per heavy atom. The molecule has 0 aliphatic heterocycles. The van der Waals surface area contributed by atoms with Gasteiger partial charge in [-0.15, -0.1) is 22.0 Å². The first-order valence-corrected chi connectivity index (χ1v) is 7.91. The predicted octanol–water partition coefficient (Wildman–Crippen LogP) is 4.67. The van der Waals surface area contributed by atoms with Gasteiger partial charge in [0.05, 0.1) is 11.9 Å². The molecule has 0 spiro atoms. The number of aromatic nitrogens is 4. The average Bonchev–Trinajstić information content (AvgIpc) is 2.82. The first-order valence-electron chi connectivity index (χ1n) is 6.17. The maximum atomic E-state index is 13.1. The molecule has 4 nitrogen and oxygen atoms in total. The summed E-state index contributed by atoms with van der Waals surface area (Å²) in [6, 6.07) is 0. The molecule has 2 rings (SSSR count). The molecule has 0 atom stereocenters. The van der Waals surface area contributed by atoms with Crippen molar-refractivity contribution < 1.29 is 13.2 Å². The molecule has 120 valence electrons. The van der Waals surface area contributed by atoms with Crippen molar-refractivity contribution in [3.05, 3.63) is 22.2 Å². The topological polar surface area (TPSA) is 43.1 Å². The van der Waals surface area contributed by atoms with Gasteiger partial charge in [-0.05, 0) is 12.0 Å². The molecule has 0 unspecified atom stereocenters. The van der Waals surface area contributed by atoms with Gasteiger partial charge in [-0.2, -0.15) is 13.2 Å². The van der Waals surface area contributed by atoms with Crippen LogP contribution < -0.4 is 0 Å². The van der Waals surface area contributed by atoms with E-state index < -0.39 is 12.0 Å². The lowest BCUT2D eigenvalue weighted by atomic mass is 10.3. The number of nitrogens with zero attached hydrogens (tertiary/aromatic N) is 4. The van der Waals surface area contributed by atoms with Crippen LogP contribution in [0.25, 0.3) is 11.7 Å². The Kier molecular flexibility index (Phi) is 5.24. The van der Waals surface area contributed by atoms with Gasteiger partial charge < -0.3 is 0 Å². The van der Waals surface area contributed by atoms with Gasteiger partial charge in [-0.3, -0.25) is 4.40 Å². The SMILES string of the molecule is CC(C)CSc1ncc(C=C(Cl)Cl)n2c(C(F)(F)F)nnc12. The summed E-state index contributed by atoms with van der Waals surface area (Å²) in [4.78, 5) is 4.14. The van der Waals surface area contributed by atoms with E-state index in [-0.39, 0.29) is 15.8 Å². The molecule has 2 heterocycles. The Morgan fingerprint density at radius 1 is 1.36 bits per heavy atom. The van der Waals surface area contributed by atoms with Gasteiger partial charge in [-0.25, -0.2) is 4.98 Å². The van der Waals surface area contributed by atoms with Crippen molar-refractivity contribution in [2.45, 2.75) is 25.0 Å². The minimum Gasteiger partial charge on any atom is -0.268 e. The lowest BCUT2D eigenvalue weighted by molar-refractivity contribution is -0.145. The summed E-state index contributed by atoms with van der Waals surface area (Å²) in [5.74, 6) is -0.0895. The average molecular weight is 371 g/mol. The fourth-order valence-corrected chi connectivity index (χ4v) is 2.76.